The third-order valence-corrected chi connectivity index (χ3v) is 5.17. The van der Waals surface area contributed by atoms with Gasteiger partial charge in [0.05, 0.1) is 17.8 Å². The highest BCUT2D eigenvalue weighted by Gasteiger charge is 2.24. The molecule has 0 bridgehead atoms. The Kier molecular flexibility index (Phi) is 6.78. The molecule has 1 aliphatic rings. The molecule has 1 aromatic carbocycles. The van der Waals surface area contributed by atoms with E-state index in [1.807, 2.05) is 0 Å². The van der Waals surface area contributed by atoms with Crippen molar-refractivity contribution in [1.82, 2.24) is 19.6 Å². The second kappa shape index (κ2) is 9.31. The third kappa shape index (κ3) is 4.82. The van der Waals surface area contributed by atoms with Gasteiger partial charge in [-0.1, -0.05) is 6.07 Å². The lowest BCUT2D eigenvalue weighted by Crippen LogP contribution is -2.45. The molecule has 0 spiro atoms. The van der Waals surface area contributed by atoms with Gasteiger partial charge >= 0.3 is 5.97 Å². The number of aryl methyl sites for hydroxylation is 1. The number of hydrogen-bond acceptors (Lipinski definition) is 7. The quantitative estimate of drug-likeness (QED) is 0.533. The van der Waals surface area contributed by atoms with Crippen LogP contribution in [0.25, 0.3) is 0 Å². The molecule has 0 unspecified atom stereocenters. The van der Waals surface area contributed by atoms with Crippen molar-refractivity contribution in [3.05, 3.63) is 46.7 Å². The van der Waals surface area contributed by atoms with Crippen LogP contribution in [0.15, 0.2) is 18.2 Å². The van der Waals surface area contributed by atoms with Gasteiger partial charge in [0, 0.05) is 32.7 Å². The maximum atomic E-state index is 13.7. The molecule has 30 heavy (non-hydrogen) atoms. The monoisotopic (exact) mass is 421 g/mol. The van der Waals surface area contributed by atoms with Crippen LogP contribution in [0.4, 0.5) is 14.6 Å². The van der Waals surface area contributed by atoms with Crippen LogP contribution in [-0.2, 0) is 11.3 Å². The number of rotatable bonds is 7. The fourth-order valence-electron chi connectivity index (χ4n) is 3.37. The number of hydrogen-bond donors (Lipinski definition) is 1. The molecular weight excluding hydrogens is 396 g/mol. The van der Waals surface area contributed by atoms with E-state index >= 15 is 0 Å². The highest BCUT2D eigenvalue weighted by molar-refractivity contribution is 6.01. The van der Waals surface area contributed by atoms with Gasteiger partial charge in [-0.15, -0.1) is 0 Å². The van der Waals surface area contributed by atoms with Crippen molar-refractivity contribution < 1.29 is 23.1 Å². The highest BCUT2D eigenvalue weighted by atomic mass is 19.1. The lowest BCUT2D eigenvalue weighted by Gasteiger charge is -2.32. The number of carbonyl (C=O) groups is 2. The number of nitrogen functional groups attached to an aromatic ring is 1. The molecule has 1 fully saturated rings. The number of ether oxygens (including phenoxy) is 1. The maximum Gasteiger partial charge on any atom is 0.344 e. The molecule has 0 amide bonds. The predicted octanol–water partition coefficient (Wildman–Crippen LogP) is 1.34. The lowest BCUT2D eigenvalue weighted by atomic mass is 10.1. The first-order valence-electron chi connectivity index (χ1n) is 9.66. The molecule has 0 saturated carbocycles. The second-order valence-corrected chi connectivity index (χ2v) is 7.31. The van der Waals surface area contributed by atoms with Crippen LogP contribution in [0.1, 0.15) is 26.4 Å². The number of aromatic nitrogens is 2. The minimum Gasteiger partial charge on any atom is -0.454 e. The van der Waals surface area contributed by atoms with Gasteiger partial charge in [0.25, 0.3) is 0 Å². The number of esters is 1. The van der Waals surface area contributed by atoms with Gasteiger partial charge in [-0.25, -0.2) is 18.3 Å². The van der Waals surface area contributed by atoms with Crippen LogP contribution in [0.5, 0.6) is 0 Å². The minimum absolute atomic E-state index is 0.0511. The summed E-state index contributed by atoms with van der Waals surface area (Å²) in [5.41, 5.74) is 5.75. The molecule has 1 aromatic heterocycles. The Balaban J connectivity index is 1.61. The fraction of sp³-hybridized carbons (Fsp3) is 0.450. The number of piperazine rings is 1. The summed E-state index contributed by atoms with van der Waals surface area (Å²) in [6.07, 6.45) is 0. The van der Waals surface area contributed by atoms with Crippen LogP contribution in [0, 0.1) is 18.6 Å². The standard InChI is InChI=1S/C20H25F2N5O3/c1-13-17(19(23)27(24-13)11-10-26-8-6-25(2)7-9-26)20(29)30-12-16(28)18-14(21)4-3-5-15(18)22/h3-5H,6-12,23H2,1-2H3. The average Bonchev–Trinajstić information content (AvgIpc) is 2.99. The van der Waals surface area contributed by atoms with Gasteiger partial charge in [-0.3, -0.25) is 9.69 Å². The van der Waals surface area contributed by atoms with E-state index < -0.39 is 35.6 Å². The molecule has 2 aromatic rings. The Bertz CT molecular complexity index is 919. The van der Waals surface area contributed by atoms with Crippen molar-refractivity contribution in [3.63, 3.8) is 0 Å². The number of Topliss-reactive ketones (excluding diaryl/α,β-unsaturated/α-hetero) is 1. The fourth-order valence-corrected chi connectivity index (χ4v) is 3.37. The third-order valence-electron chi connectivity index (χ3n) is 5.17. The van der Waals surface area contributed by atoms with Crippen molar-refractivity contribution >= 4 is 17.6 Å². The van der Waals surface area contributed by atoms with Crippen molar-refractivity contribution in [2.45, 2.75) is 13.5 Å². The summed E-state index contributed by atoms with van der Waals surface area (Å²) in [5, 5.41) is 4.29. The zero-order valence-electron chi connectivity index (χ0n) is 17.0. The number of likely N-dealkylation sites (N-methyl/N-ethyl adjacent to an activating group) is 1. The molecule has 2 heterocycles. The molecule has 8 nitrogen and oxygen atoms in total. The van der Waals surface area contributed by atoms with E-state index in [9.17, 15) is 18.4 Å². The molecule has 1 aliphatic heterocycles. The van der Waals surface area contributed by atoms with Crippen LogP contribution in [-0.4, -0.2) is 77.7 Å². The van der Waals surface area contributed by atoms with Gasteiger partial charge < -0.3 is 15.4 Å². The predicted molar refractivity (Wildman–Crippen MR) is 106 cm³/mol. The Morgan fingerprint density at radius 2 is 1.73 bits per heavy atom. The number of benzene rings is 1. The largest absolute Gasteiger partial charge is 0.454 e. The number of nitrogens with two attached hydrogens (primary N) is 1. The molecule has 1 saturated heterocycles. The Morgan fingerprint density at radius 1 is 1.10 bits per heavy atom. The lowest BCUT2D eigenvalue weighted by molar-refractivity contribution is 0.0472. The molecule has 162 valence electrons. The van der Waals surface area contributed by atoms with Crippen molar-refractivity contribution in [2.75, 3.05) is 52.1 Å². The zero-order chi connectivity index (χ0) is 21.8. The van der Waals surface area contributed by atoms with E-state index in [4.69, 9.17) is 10.5 Å². The molecule has 2 N–H and O–H groups in total. The summed E-state index contributed by atoms with van der Waals surface area (Å²) >= 11 is 0. The summed E-state index contributed by atoms with van der Waals surface area (Å²) < 4.78 is 33.9. The van der Waals surface area contributed by atoms with Crippen LogP contribution >= 0.6 is 0 Å². The van der Waals surface area contributed by atoms with E-state index in [1.165, 1.54) is 4.68 Å². The highest BCUT2D eigenvalue weighted by Crippen LogP contribution is 2.19. The number of carbonyl (C=O) groups excluding carboxylic acids is 2. The van der Waals surface area contributed by atoms with Gasteiger partial charge in [-0.2, -0.15) is 5.10 Å². The average molecular weight is 421 g/mol. The van der Waals surface area contributed by atoms with Crippen LogP contribution in [0.3, 0.4) is 0 Å². The Morgan fingerprint density at radius 3 is 2.37 bits per heavy atom. The zero-order valence-corrected chi connectivity index (χ0v) is 17.0. The molecule has 10 heteroatoms. The summed E-state index contributed by atoms with van der Waals surface area (Å²) in [6, 6.07) is 3.07. The van der Waals surface area contributed by atoms with E-state index in [0.717, 1.165) is 50.9 Å². The maximum absolute atomic E-state index is 13.7. The number of halogens is 2. The van der Waals surface area contributed by atoms with E-state index in [2.05, 4.69) is 21.9 Å². The topological polar surface area (TPSA) is 93.7 Å². The molecule has 0 atom stereocenters. The Labute approximate surface area is 173 Å². The SMILES string of the molecule is Cc1nn(CCN2CCN(C)CC2)c(N)c1C(=O)OCC(=O)c1c(F)cccc1F. The van der Waals surface area contributed by atoms with E-state index in [0.29, 0.717) is 12.2 Å². The smallest absolute Gasteiger partial charge is 0.344 e. The normalized spacial score (nSPS) is 15.3. The summed E-state index contributed by atoms with van der Waals surface area (Å²) in [6.45, 7) is 5.91. The second-order valence-electron chi connectivity index (χ2n) is 7.31. The first-order chi connectivity index (χ1) is 14.3. The summed E-state index contributed by atoms with van der Waals surface area (Å²) in [7, 11) is 2.08. The minimum atomic E-state index is -1.01. The van der Waals surface area contributed by atoms with Crippen molar-refractivity contribution in [3.8, 4) is 0 Å². The van der Waals surface area contributed by atoms with Crippen LogP contribution in [0.2, 0.25) is 0 Å². The number of ketones is 1. The number of nitrogens with zero attached hydrogens (tertiary/aromatic N) is 4. The van der Waals surface area contributed by atoms with E-state index in [-0.39, 0.29) is 11.4 Å². The van der Waals surface area contributed by atoms with Gasteiger partial charge in [0.15, 0.2) is 6.61 Å². The molecule has 0 aliphatic carbocycles. The number of anilines is 1. The van der Waals surface area contributed by atoms with Crippen molar-refractivity contribution in [2.24, 2.45) is 0 Å². The van der Waals surface area contributed by atoms with Crippen LogP contribution < -0.4 is 5.73 Å². The summed E-state index contributed by atoms with van der Waals surface area (Å²) in [4.78, 5) is 29.1. The molecule has 0 radical (unpaired) electrons. The first kappa shape index (κ1) is 21.8. The van der Waals surface area contributed by atoms with Gasteiger partial charge in [0.1, 0.15) is 23.0 Å². The molecular formula is C20H25F2N5O3. The Hall–Kier alpha value is -2.85. The van der Waals surface area contributed by atoms with Crippen molar-refractivity contribution in [1.29, 1.82) is 0 Å². The van der Waals surface area contributed by atoms with Gasteiger partial charge in [-0.05, 0) is 26.1 Å². The van der Waals surface area contributed by atoms with Gasteiger partial charge in [0.2, 0.25) is 5.78 Å². The van der Waals surface area contributed by atoms with E-state index in [1.54, 1.807) is 6.92 Å². The summed E-state index contributed by atoms with van der Waals surface area (Å²) in [5.74, 6) is -3.72. The molecule has 3 rings (SSSR count). The first-order valence-corrected chi connectivity index (χ1v) is 9.66.